The fourth-order valence-electron chi connectivity index (χ4n) is 1.83. The van der Waals surface area contributed by atoms with Gasteiger partial charge in [0.1, 0.15) is 0 Å². The minimum atomic E-state index is 0.692. The SMILES string of the molecule is c1cn(CCNCC2CCCN2)cn1. The molecule has 1 aromatic heterocycles. The molecular weight excluding hydrogens is 176 g/mol. The molecule has 0 amide bonds. The Morgan fingerprint density at radius 3 is 3.29 bits per heavy atom. The third-order valence-electron chi connectivity index (χ3n) is 2.66. The van der Waals surface area contributed by atoms with E-state index in [2.05, 4.69) is 20.2 Å². The number of aromatic nitrogens is 2. The fraction of sp³-hybridized carbons (Fsp3) is 0.700. The standard InChI is InChI=1S/C10H18N4/c1-2-10(13-3-1)8-11-4-6-14-7-5-12-9-14/h5,7,9-11,13H,1-4,6,8H2. The number of hydrogen-bond donors (Lipinski definition) is 2. The van der Waals surface area contributed by atoms with Gasteiger partial charge in [-0.15, -0.1) is 0 Å². The first-order valence-electron chi connectivity index (χ1n) is 5.35. The molecule has 2 N–H and O–H groups in total. The van der Waals surface area contributed by atoms with Crippen molar-refractivity contribution < 1.29 is 0 Å². The van der Waals surface area contributed by atoms with Gasteiger partial charge in [0.2, 0.25) is 0 Å². The first-order valence-corrected chi connectivity index (χ1v) is 5.35. The highest BCUT2D eigenvalue weighted by atomic mass is 15.1. The lowest BCUT2D eigenvalue weighted by atomic mass is 10.2. The molecule has 2 heterocycles. The van der Waals surface area contributed by atoms with E-state index in [1.54, 1.807) is 0 Å². The van der Waals surface area contributed by atoms with Crippen LogP contribution in [0.25, 0.3) is 0 Å². The van der Waals surface area contributed by atoms with E-state index >= 15 is 0 Å². The molecule has 0 bridgehead atoms. The van der Waals surface area contributed by atoms with E-state index in [4.69, 9.17) is 0 Å². The van der Waals surface area contributed by atoms with Gasteiger partial charge in [-0.25, -0.2) is 4.98 Å². The average molecular weight is 194 g/mol. The first-order chi connectivity index (χ1) is 6.95. The molecule has 2 rings (SSSR count). The van der Waals surface area contributed by atoms with Crippen LogP contribution in [-0.4, -0.2) is 35.2 Å². The van der Waals surface area contributed by atoms with E-state index in [0.29, 0.717) is 6.04 Å². The van der Waals surface area contributed by atoms with Gasteiger partial charge in [-0.1, -0.05) is 0 Å². The predicted octanol–water partition coefficient (Wildman–Crippen LogP) is 0.225. The summed E-state index contributed by atoms with van der Waals surface area (Å²) >= 11 is 0. The molecule has 0 radical (unpaired) electrons. The van der Waals surface area contributed by atoms with Crippen LogP contribution in [0.4, 0.5) is 0 Å². The number of hydrogen-bond acceptors (Lipinski definition) is 3. The van der Waals surface area contributed by atoms with Crippen molar-refractivity contribution in [1.29, 1.82) is 0 Å². The fourth-order valence-corrected chi connectivity index (χ4v) is 1.83. The molecule has 1 unspecified atom stereocenters. The third-order valence-corrected chi connectivity index (χ3v) is 2.66. The summed E-state index contributed by atoms with van der Waals surface area (Å²) in [5.74, 6) is 0. The zero-order valence-electron chi connectivity index (χ0n) is 8.45. The van der Waals surface area contributed by atoms with Crippen LogP contribution in [0.1, 0.15) is 12.8 Å². The lowest BCUT2D eigenvalue weighted by Gasteiger charge is -2.11. The van der Waals surface area contributed by atoms with Crippen molar-refractivity contribution in [3.63, 3.8) is 0 Å². The Morgan fingerprint density at radius 1 is 1.57 bits per heavy atom. The normalized spacial score (nSPS) is 21.6. The van der Waals surface area contributed by atoms with Crippen LogP contribution in [0.3, 0.4) is 0 Å². The summed E-state index contributed by atoms with van der Waals surface area (Å²) in [5.41, 5.74) is 0. The molecule has 1 aliphatic heterocycles. The predicted molar refractivity (Wildman–Crippen MR) is 56.1 cm³/mol. The van der Waals surface area contributed by atoms with Crippen molar-refractivity contribution >= 4 is 0 Å². The van der Waals surface area contributed by atoms with Gasteiger partial charge in [-0.2, -0.15) is 0 Å². The van der Waals surface area contributed by atoms with Gasteiger partial charge in [0.05, 0.1) is 6.33 Å². The zero-order chi connectivity index (χ0) is 9.64. The third kappa shape index (κ3) is 2.82. The van der Waals surface area contributed by atoms with Crippen LogP contribution >= 0.6 is 0 Å². The largest absolute Gasteiger partial charge is 0.336 e. The van der Waals surface area contributed by atoms with Gasteiger partial charge in [0, 0.05) is 38.1 Å². The summed E-state index contributed by atoms with van der Waals surface area (Å²) in [4.78, 5) is 4.00. The maximum absolute atomic E-state index is 4.00. The molecule has 4 heteroatoms. The van der Waals surface area contributed by atoms with Gasteiger partial charge in [0.15, 0.2) is 0 Å². The van der Waals surface area contributed by atoms with E-state index in [1.807, 2.05) is 18.7 Å². The van der Waals surface area contributed by atoms with Crippen LogP contribution in [0, 0.1) is 0 Å². The second kappa shape index (κ2) is 5.12. The quantitative estimate of drug-likeness (QED) is 0.659. The Hall–Kier alpha value is -0.870. The summed E-state index contributed by atoms with van der Waals surface area (Å²) in [7, 11) is 0. The summed E-state index contributed by atoms with van der Waals surface area (Å²) in [6.07, 6.45) is 8.31. The van der Waals surface area contributed by atoms with Gasteiger partial charge in [0.25, 0.3) is 0 Å². The molecule has 14 heavy (non-hydrogen) atoms. The molecule has 1 aromatic rings. The Labute approximate surface area is 84.7 Å². The summed E-state index contributed by atoms with van der Waals surface area (Å²) in [5, 5.41) is 6.92. The Morgan fingerprint density at radius 2 is 2.57 bits per heavy atom. The maximum atomic E-state index is 4.00. The smallest absolute Gasteiger partial charge is 0.0946 e. The van der Waals surface area contributed by atoms with E-state index in [0.717, 1.165) is 19.6 Å². The monoisotopic (exact) mass is 194 g/mol. The van der Waals surface area contributed by atoms with Gasteiger partial charge in [-0.3, -0.25) is 0 Å². The molecule has 0 saturated carbocycles. The highest BCUT2D eigenvalue weighted by Crippen LogP contribution is 2.02. The van der Waals surface area contributed by atoms with Gasteiger partial charge >= 0.3 is 0 Å². The summed E-state index contributed by atoms with van der Waals surface area (Å²) < 4.78 is 2.09. The summed E-state index contributed by atoms with van der Waals surface area (Å²) in [6.45, 7) is 4.31. The van der Waals surface area contributed by atoms with E-state index in [-0.39, 0.29) is 0 Å². The van der Waals surface area contributed by atoms with Crippen molar-refractivity contribution in [3.8, 4) is 0 Å². The number of nitrogens with one attached hydrogen (secondary N) is 2. The lowest BCUT2D eigenvalue weighted by molar-refractivity contribution is 0.515. The molecule has 4 nitrogen and oxygen atoms in total. The molecule has 1 fully saturated rings. The van der Waals surface area contributed by atoms with Crippen LogP contribution in [0.15, 0.2) is 18.7 Å². The van der Waals surface area contributed by atoms with E-state index in [1.165, 1.54) is 19.4 Å². The zero-order valence-corrected chi connectivity index (χ0v) is 8.45. The topological polar surface area (TPSA) is 41.9 Å². The maximum Gasteiger partial charge on any atom is 0.0946 e. The Bertz CT molecular complexity index is 239. The highest BCUT2D eigenvalue weighted by Gasteiger charge is 2.12. The Balaban J connectivity index is 1.55. The van der Waals surface area contributed by atoms with Gasteiger partial charge in [-0.05, 0) is 19.4 Å². The molecule has 0 spiro atoms. The second-order valence-electron chi connectivity index (χ2n) is 3.80. The Kier molecular flexibility index (Phi) is 3.54. The summed E-state index contributed by atoms with van der Waals surface area (Å²) in [6, 6.07) is 0.692. The molecule has 1 saturated heterocycles. The minimum absolute atomic E-state index is 0.692. The van der Waals surface area contributed by atoms with E-state index < -0.39 is 0 Å². The van der Waals surface area contributed by atoms with Crippen LogP contribution in [0.5, 0.6) is 0 Å². The molecule has 0 aromatic carbocycles. The van der Waals surface area contributed by atoms with Crippen molar-refractivity contribution in [1.82, 2.24) is 20.2 Å². The number of rotatable bonds is 5. The van der Waals surface area contributed by atoms with Crippen LogP contribution in [-0.2, 0) is 6.54 Å². The molecule has 78 valence electrons. The van der Waals surface area contributed by atoms with Crippen molar-refractivity contribution in [3.05, 3.63) is 18.7 Å². The average Bonchev–Trinajstić information content (AvgIpc) is 2.86. The van der Waals surface area contributed by atoms with E-state index in [9.17, 15) is 0 Å². The van der Waals surface area contributed by atoms with Crippen molar-refractivity contribution in [2.75, 3.05) is 19.6 Å². The van der Waals surface area contributed by atoms with Crippen molar-refractivity contribution in [2.45, 2.75) is 25.4 Å². The molecular formula is C10H18N4. The van der Waals surface area contributed by atoms with Crippen LogP contribution < -0.4 is 10.6 Å². The molecule has 0 aliphatic carbocycles. The second-order valence-corrected chi connectivity index (χ2v) is 3.80. The van der Waals surface area contributed by atoms with Crippen molar-refractivity contribution in [2.24, 2.45) is 0 Å². The number of imidazole rings is 1. The number of nitrogens with zero attached hydrogens (tertiary/aromatic N) is 2. The minimum Gasteiger partial charge on any atom is -0.336 e. The molecule has 1 atom stereocenters. The molecule has 1 aliphatic rings. The lowest BCUT2D eigenvalue weighted by Crippen LogP contribution is -2.35. The first kappa shape index (κ1) is 9.68. The van der Waals surface area contributed by atoms with Crippen LogP contribution in [0.2, 0.25) is 0 Å². The van der Waals surface area contributed by atoms with Gasteiger partial charge < -0.3 is 15.2 Å². The highest BCUT2D eigenvalue weighted by molar-refractivity contribution is 4.77.